The van der Waals surface area contributed by atoms with Gasteiger partial charge in [-0.15, -0.1) is 0 Å². The molecule has 126 valence electrons. The van der Waals surface area contributed by atoms with Crippen LogP contribution in [0.2, 0.25) is 0 Å². The van der Waals surface area contributed by atoms with E-state index in [2.05, 4.69) is 34.5 Å². The number of hydrogen-bond acceptors (Lipinski definition) is 4. The van der Waals surface area contributed by atoms with Crippen LogP contribution in [-0.2, 0) is 4.79 Å². The Morgan fingerprint density at radius 1 is 1.04 bits per heavy atom. The molecule has 0 radical (unpaired) electrons. The second kappa shape index (κ2) is 6.43. The molecule has 0 saturated heterocycles. The van der Waals surface area contributed by atoms with Crippen molar-refractivity contribution < 1.29 is 14.3 Å². The maximum atomic E-state index is 12.1. The lowest BCUT2D eigenvalue weighted by Gasteiger charge is -2.27. The number of nitrogens with zero attached hydrogens (tertiary/aromatic N) is 1. The lowest BCUT2D eigenvalue weighted by atomic mass is 9.84. The van der Waals surface area contributed by atoms with Gasteiger partial charge in [-0.05, 0) is 29.3 Å². The Kier molecular flexibility index (Phi) is 4.34. The first-order valence-electron chi connectivity index (χ1n) is 7.86. The van der Waals surface area contributed by atoms with Crippen molar-refractivity contribution in [1.82, 2.24) is 0 Å². The molecule has 1 heterocycles. The molecule has 1 atom stereocenters. The van der Waals surface area contributed by atoms with Crippen molar-refractivity contribution in [1.29, 1.82) is 0 Å². The van der Waals surface area contributed by atoms with Crippen molar-refractivity contribution in [3.8, 4) is 11.5 Å². The summed E-state index contributed by atoms with van der Waals surface area (Å²) in [4.78, 5) is 14.2. The van der Waals surface area contributed by atoms with Gasteiger partial charge in [0.2, 0.25) is 5.91 Å². The lowest BCUT2D eigenvalue weighted by molar-refractivity contribution is -0.116. The van der Waals surface area contributed by atoms with Crippen LogP contribution < -0.4 is 19.7 Å². The summed E-state index contributed by atoms with van der Waals surface area (Å²) >= 11 is 0. The molecule has 1 N–H and O–H groups in total. The number of hydrogen-bond donors (Lipinski definition) is 1. The summed E-state index contributed by atoms with van der Waals surface area (Å²) in [5, 5.41) is 2.93. The Morgan fingerprint density at radius 2 is 1.67 bits per heavy atom. The Balaban J connectivity index is 2.06. The highest BCUT2D eigenvalue weighted by atomic mass is 16.5. The molecular formula is C19H22N2O3. The molecule has 0 spiro atoms. The fraction of sp³-hybridized carbons (Fsp3) is 0.316. The van der Waals surface area contributed by atoms with Crippen molar-refractivity contribution in [3.05, 3.63) is 47.5 Å². The molecule has 0 aromatic heterocycles. The first-order valence-corrected chi connectivity index (χ1v) is 7.86. The van der Waals surface area contributed by atoms with Gasteiger partial charge < -0.3 is 19.7 Å². The van der Waals surface area contributed by atoms with Gasteiger partial charge in [0.15, 0.2) is 11.5 Å². The highest BCUT2D eigenvalue weighted by Crippen LogP contribution is 2.43. The summed E-state index contributed by atoms with van der Waals surface area (Å²) in [6, 6.07) is 12.1. The molecule has 5 nitrogen and oxygen atoms in total. The average Bonchev–Trinajstić information content (AvgIpc) is 2.59. The lowest BCUT2D eigenvalue weighted by Crippen LogP contribution is -2.23. The van der Waals surface area contributed by atoms with Crippen LogP contribution in [0.3, 0.4) is 0 Å². The standard InChI is InChI=1S/C19H22N2O3/c1-21(2)13-7-5-12(6-8-13)14-10-19(22)20-16-11-18(24-4)17(23-3)9-15(14)16/h5-9,11,14H,10H2,1-4H3,(H,20,22)/t14-/m0/s1. The highest BCUT2D eigenvalue weighted by Gasteiger charge is 2.28. The van der Waals surface area contributed by atoms with Crippen LogP contribution in [0.4, 0.5) is 11.4 Å². The van der Waals surface area contributed by atoms with Gasteiger partial charge in [0.25, 0.3) is 0 Å². The maximum absolute atomic E-state index is 12.1. The van der Waals surface area contributed by atoms with E-state index in [1.165, 1.54) is 0 Å². The quantitative estimate of drug-likeness (QED) is 0.937. The van der Waals surface area contributed by atoms with E-state index in [0.717, 1.165) is 22.5 Å². The molecule has 5 heteroatoms. The average molecular weight is 326 g/mol. The van der Waals surface area contributed by atoms with Crippen molar-refractivity contribution in [2.24, 2.45) is 0 Å². The molecule has 1 amide bonds. The van der Waals surface area contributed by atoms with E-state index in [1.807, 2.05) is 26.2 Å². The fourth-order valence-corrected chi connectivity index (χ4v) is 3.09. The molecule has 2 aromatic rings. The zero-order chi connectivity index (χ0) is 17.3. The molecule has 1 aliphatic heterocycles. The Labute approximate surface area is 142 Å². The smallest absolute Gasteiger partial charge is 0.225 e. The summed E-state index contributed by atoms with van der Waals surface area (Å²) in [5.41, 5.74) is 4.07. The van der Waals surface area contributed by atoms with Crippen molar-refractivity contribution in [2.75, 3.05) is 38.5 Å². The Hall–Kier alpha value is -2.69. The molecule has 0 saturated carbocycles. The van der Waals surface area contributed by atoms with E-state index >= 15 is 0 Å². The Bertz CT molecular complexity index is 754. The topological polar surface area (TPSA) is 50.8 Å². The maximum Gasteiger partial charge on any atom is 0.225 e. The van der Waals surface area contributed by atoms with E-state index < -0.39 is 0 Å². The molecule has 0 fully saturated rings. The predicted octanol–water partition coefficient (Wildman–Crippen LogP) is 3.24. The summed E-state index contributed by atoms with van der Waals surface area (Å²) in [6.45, 7) is 0. The van der Waals surface area contributed by atoms with Crippen LogP contribution in [0.25, 0.3) is 0 Å². The molecule has 0 aliphatic carbocycles. The number of ether oxygens (including phenoxy) is 2. The van der Waals surface area contributed by atoms with E-state index in [9.17, 15) is 4.79 Å². The van der Waals surface area contributed by atoms with E-state index in [0.29, 0.717) is 17.9 Å². The number of amides is 1. The summed E-state index contributed by atoms with van der Waals surface area (Å²) in [6.07, 6.45) is 0.420. The summed E-state index contributed by atoms with van der Waals surface area (Å²) in [7, 11) is 7.23. The largest absolute Gasteiger partial charge is 0.493 e. The minimum Gasteiger partial charge on any atom is -0.493 e. The minimum atomic E-state index is 0.00442. The van der Waals surface area contributed by atoms with Crippen LogP contribution in [0.1, 0.15) is 23.5 Å². The molecule has 0 bridgehead atoms. The first-order chi connectivity index (χ1) is 11.5. The molecule has 3 rings (SSSR count). The van der Waals surface area contributed by atoms with Gasteiger partial charge in [0.05, 0.1) is 14.2 Å². The monoisotopic (exact) mass is 326 g/mol. The second-order valence-electron chi connectivity index (χ2n) is 6.09. The minimum absolute atomic E-state index is 0.00442. The predicted molar refractivity (Wildman–Crippen MR) is 95.4 cm³/mol. The third-order valence-corrected chi connectivity index (χ3v) is 4.41. The number of anilines is 2. The van der Waals surface area contributed by atoms with Crippen LogP contribution >= 0.6 is 0 Å². The van der Waals surface area contributed by atoms with Gasteiger partial charge >= 0.3 is 0 Å². The van der Waals surface area contributed by atoms with Crippen LogP contribution in [0.5, 0.6) is 11.5 Å². The van der Waals surface area contributed by atoms with Crippen LogP contribution in [0.15, 0.2) is 36.4 Å². The van der Waals surface area contributed by atoms with Gasteiger partial charge in [-0.3, -0.25) is 4.79 Å². The van der Waals surface area contributed by atoms with Gasteiger partial charge in [0, 0.05) is 43.9 Å². The summed E-state index contributed by atoms with van der Waals surface area (Å²) in [5.74, 6) is 1.30. The van der Waals surface area contributed by atoms with Crippen molar-refractivity contribution in [2.45, 2.75) is 12.3 Å². The molecule has 1 aliphatic rings. The number of methoxy groups -OCH3 is 2. The number of fused-ring (bicyclic) bond motifs is 1. The van der Waals surface area contributed by atoms with Crippen molar-refractivity contribution >= 4 is 17.3 Å². The number of rotatable bonds is 4. The molecule has 0 unspecified atom stereocenters. The van der Waals surface area contributed by atoms with Crippen LogP contribution in [-0.4, -0.2) is 34.2 Å². The zero-order valence-electron chi connectivity index (χ0n) is 14.4. The SMILES string of the molecule is COc1cc2c(cc1OC)[C@H](c1ccc(N(C)C)cc1)CC(=O)N2. The van der Waals surface area contributed by atoms with Gasteiger partial charge in [-0.25, -0.2) is 0 Å². The molecule has 2 aromatic carbocycles. The normalized spacial score (nSPS) is 16.2. The Morgan fingerprint density at radius 3 is 2.25 bits per heavy atom. The number of carbonyl (C=O) groups is 1. The van der Waals surface area contributed by atoms with Crippen LogP contribution in [0, 0.1) is 0 Å². The number of nitrogens with one attached hydrogen (secondary N) is 1. The molecular weight excluding hydrogens is 304 g/mol. The van der Waals surface area contributed by atoms with Crippen molar-refractivity contribution in [3.63, 3.8) is 0 Å². The van der Waals surface area contributed by atoms with E-state index in [1.54, 1.807) is 14.2 Å². The molecule has 24 heavy (non-hydrogen) atoms. The van der Waals surface area contributed by atoms with Gasteiger partial charge in [-0.2, -0.15) is 0 Å². The number of carbonyl (C=O) groups excluding carboxylic acids is 1. The number of benzene rings is 2. The summed E-state index contributed by atoms with van der Waals surface area (Å²) < 4.78 is 10.8. The first kappa shape index (κ1) is 16.2. The van der Waals surface area contributed by atoms with Gasteiger partial charge in [-0.1, -0.05) is 12.1 Å². The third-order valence-electron chi connectivity index (χ3n) is 4.41. The zero-order valence-corrected chi connectivity index (χ0v) is 14.4. The second-order valence-corrected chi connectivity index (χ2v) is 6.09. The van der Waals surface area contributed by atoms with E-state index in [-0.39, 0.29) is 11.8 Å². The van der Waals surface area contributed by atoms with E-state index in [4.69, 9.17) is 9.47 Å². The highest BCUT2D eigenvalue weighted by molar-refractivity contribution is 5.96. The van der Waals surface area contributed by atoms with Gasteiger partial charge in [0.1, 0.15) is 0 Å². The fourth-order valence-electron chi connectivity index (χ4n) is 3.09. The third kappa shape index (κ3) is 2.89.